The van der Waals surface area contributed by atoms with Gasteiger partial charge >= 0.3 is 0 Å². The molecule has 82 valence electrons. The van der Waals surface area contributed by atoms with Crippen LogP contribution in [0.25, 0.3) is 0 Å². The Morgan fingerprint density at radius 1 is 1.27 bits per heavy atom. The highest BCUT2D eigenvalue weighted by molar-refractivity contribution is 5.06. The zero-order valence-electron chi connectivity index (χ0n) is 9.37. The van der Waals surface area contributed by atoms with Gasteiger partial charge in [0.25, 0.3) is 0 Å². The van der Waals surface area contributed by atoms with Gasteiger partial charge in [-0.3, -0.25) is 0 Å². The van der Waals surface area contributed by atoms with Crippen LogP contribution in [-0.2, 0) is 12.8 Å². The van der Waals surface area contributed by atoms with Crippen molar-refractivity contribution in [1.29, 1.82) is 0 Å². The molecular formula is C12H19N3. The molecule has 0 atom stereocenters. The fourth-order valence-corrected chi connectivity index (χ4v) is 2.09. The molecule has 0 radical (unpaired) electrons. The molecule has 0 bridgehead atoms. The summed E-state index contributed by atoms with van der Waals surface area (Å²) in [6, 6.07) is 0. The highest BCUT2D eigenvalue weighted by atomic mass is 14.9. The molecule has 1 saturated heterocycles. The molecule has 2 heterocycles. The topological polar surface area (TPSA) is 37.8 Å². The molecule has 0 aromatic carbocycles. The molecule has 3 nitrogen and oxygen atoms in total. The van der Waals surface area contributed by atoms with Crippen molar-refractivity contribution in [1.82, 2.24) is 15.3 Å². The Hall–Kier alpha value is -0.960. The van der Waals surface area contributed by atoms with Gasteiger partial charge in [-0.25, -0.2) is 9.97 Å². The highest BCUT2D eigenvalue weighted by Gasteiger charge is 2.13. The normalized spacial score (nSPS) is 17.9. The fourth-order valence-electron chi connectivity index (χ4n) is 2.09. The largest absolute Gasteiger partial charge is 0.317 e. The van der Waals surface area contributed by atoms with Crippen molar-refractivity contribution in [3.63, 3.8) is 0 Å². The van der Waals surface area contributed by atoms with E-state index >= 15 is 0 Å². The van der Waals surface area contributed by atoms with Crippen LogP contribution in [0, 0.1) is 5.92 Å². The maximum Gasteiger partial charge on any atom is 0.127 e. The van der Waals surface area contributed by atoms with Gasteiger partial charge in [-0.15, -0.1) is 0 Å². The van der Waals surface area contributed by atoms with Crippen LogP contribution in [0.15, 0.2) is 12.4 Å². The van der Waals surface area contributed by atoms with Gasteiger partial charge in [0.1, 0.15) is 5.82 Å². The minimum absolute atomic E-state index is 0.822. The first-order valence-corrected chi connectivity index (χ1v) is 5.89. The van der Waals surface area contributed by atoms with E-state index in [-0.39, 0.29) is 0 Å². The first kappa shape index (κ1) is 10.6. The summed E-state index contributed by atoms with van der Waals surface area (Å²) in [5, 5.41) is 3.39. The number of aryl methyl sites for hydroxylation is 1. The fraction of sp³-hybridized carbons (Fsp3) is 0.667. The van der Waals surface area contributed by atoms with E-state index in [1.54, 1.807) is 0 Å². The van der Waals surface area contributed by atoms with E-state index in [0.29, 0.717) is 0 Å². The number of rotatable bonds is 3. The maximum atomic E-state index is 4.34. The van der Waals surface area contributed by atoms with Gasteiger partial charge < -0.3 is 5.32 Å². The van der Waals surface area contributed by atoms with E-state index in [0.717, 1.165) is 24.6 Å². The van der Waals surface area contributed by atoms with Gasteiger partial charge in [-0.1, -0.05) is 6.92 Å². The van der Waals surface area contributed by atoms with Crippen LogP contribution >= 0.6 is 0 Å². The molecule has 1 fully saturated rings. The van der Waals surface area contributed by atoms with E-state index < -0.39 is 0 Å². The molecule has 0 unspecified atom stereocenters. The van der Waals surface area contributed by atoms with Gasteiger partial charge in [0.15, 0.2) is 0 Å². The zero-order valence-corrected chi connectivity index (χ0v) is 9.37. The number of hydrogen-bond acceptors (Lipinski definition) is 3. The van der Waals surface area contributed by atoms with Crippen molar-refractivity contribution < 1.29 is 0 Å². The molecular weight excluding hydrogens is 186 g/mol. The Kier molecular flexibility index (Phi) is 3.67. The average molecular weight is 205 g/mol. The summed E-state index contributed by atoms with van der Waals surface area (Å²) in [6.45, 7) is 4.42. The summed E-state index contributed by atoms with van der Waals surface area (Å²) >= 11 is 0. The number of nitrogens with zero attached hydrogens (tertiary/aromatic N) is 2. The summed E-state index contributed by atoms with van der Waals surface area (Å²) in [5.74, 6) is 1.77. The lowest BCUT2D eigenvalue weighted by molar-refractivity contribution is 0.372. The molecule has 3 heteroatoms. The molecule has 1 aromatic heterocycles. The first-order chi connectivity index (χ1) is 7.38. The second-order valence-electron chi connectivity index (χ2n) is 4.26. The highest BCUT2D eigenvalue weighted by Crippen LogP contribution is 2.16. The maximum absolute atomic E-state index is 4.34. The molecule has 1 N–H and O–H groups in total. The van der Waals surface area contributed by atoms with Gasteiger partial charge in [0, 0.05) is 18.8 Å². The van der Waals surface area contributed by atoms with Crippen molar-refractivity contribution in [2.45, 2.75) is 32.6 Å². The molecule has 0 spiro atoms. The van der Waals surface area contributed by atoms with Crippen LogP contribution in [-0.4, -0.2) is 23.1 Å². The van der Waals surface area contributed by atoms with Crippen molar-refractivity contribution in [3.05, 3.63) is 23.8 Å². The third-order valence-corrected chi connectivity index (χ3v) is 3.06. The summed E-state index contributed by atoms with van der Waals surface area (Å²) in [5.41, 5.74) is 1.29. The standard InChI is InChI=1S/C12H19N3/c1-2-12-14-8-11(9-15-12)7-10-3-5-13-6-4-10/h8-10,13H,2-7H2,1H3. The zero-order chi connectivity index (χ0) is 10.5. The minimum atomic E-state index is 0.822. The van der Waals surface area contributed by atoms with Crippen LogP contribution in [0.4, 0.5) is 0 Å². The van der Waals surface area contributed by atoms with E-state index in [2.05, 4.69) is 22.2 Å². The van der Waals surface area contributed by atoms with Crippen LogP contribution in [0.5, 0.6) is 0 Å². The first-order valence-electron chi connectivity index (χ1n) is 5.89. The molecule has 2 rings (SSSR count). The smallest absolute Gasteiger partial charge is 0.127 e. The second kappa shape index (κ2) is 5.21. The summed E-state index contributed by atoms with van der Waals surface area (Å²) in [4.78, 5) is 8.67. The quantitative estimate of drug-likeness (QED) is 0.814. The van der Waals surface area contributed by atoms with Crippen molar-refractivity contribution >= 4 is 0 Å². The number of piperidine rings is 1. The summed E-state index contributed by atoms with van der Waals surface area (Å²) < 4.78 is 0. The lowest BCUT2D eigenvalue weighted by Crippen LogP contribution is -2.28. The van der Waals surface area contributed by atoms with E-state index in [1.807, 2.05) is 12.4 Å². The van der Waals surface area contributed by atoms with Crippen LogP contribution < -0.4 is 5.32 Å². The molecule has 0 aliphatic carbocycles. The second-order valence-corrected chi connectivity index (χ2v) is 4.26. The third-order valence-electron chi connectivity index (χ3n) is 3.06. The Bertz CT molecular complexity index is 288. The predicted molar refractivity (Wildman–Crippen MR) is 60.7 cm³/mol. The van der Waals surface area contributed by atoms with E-state index in [1.165, 1.54) is 31.5 Å². The molecule has 1 aliphatic heterocycles. The SMILES string of the molecule is CCc1ncc(CC2CCNCC2)cn1. The summed E-state index contributed by atoms with van der Waals surface area (Å²) in [7, 11) is 0. The van der Waals surface area contributed by atoms with E-state index in [4.69, 9.17) is 0 Å². The number of aromatic nitrogens is 2. The van der Waals surface area contributed by atoms with Gasteiger partial charge in [0.2, 0.25) is 0 Å². The van der Waals surface area contributed by atoms with Gasteiger partial charge in [-0.2, -0.15) is 0 Å². The van der Waals surface area contributed by atoms with Gasteiger partial charge in [0.05, 0.1) is 0 Å². The van der Waals surface area contributed by atoms with Crippen LogP contribution in [0.2, 0.25) is 0 Å². The Morgan fingerprint density at radius 2 is 1.93 bits per heavy atom. The van der Waals surface area contributed by atoms with Crippen molar-refractivity contribution in [2.75, 3.05) is 13.1 Å². The molecule has 1 aromatic rings. The lowest BCUT2D eigenvalue weighted by atomic mass is 9.92. The molecule has 0 amide bonds. The number of nitrogens with one attached hydrogen (secondary N) is 1. The molecule has 0 saturated carbocycles. The van der Waals surface area contributed by atoms with Crippen LogP contribution in [0.3, 0.4) is 0 Å². The Labute approximate surface area is 91.3 Å². The van der Waals surface area contributed by atoms with Crippen LogP contribution in [0.1, 0.15) is 31.2 Å². The average Bonchev–Trinajstić information content (AvgIpc) is 2.31. The number of hydrogen-bond donors (Lipinski definition) is 1. The lowest BCUT2D eigenvalue weighted by Gasteiger charge is -2.22. The Balaban J connectivity index is 1.91. The predicted octanol–water partition coefficient (Wildman–Crippen LogP) is 1.58. The summed E-state index contributed by atoms with van der Waals surface area (Å²) in [6.07, 6.45) is 8.63. The Morgan fingerprint density at radius 3 is 2.53 bits per heavy atom. The third kappa shape index (κ3) is 2.99. The van der Waals surface area contributed by atoms with Crippen molar-refractivity contribution in [3.8, 4) is 0 Å². The molecule has 15 heavy (non-hydrogen) atoms. The monoisotopic (exact) mass is 205 g/mol. The van der Waals surface area contributed by atoms with E-state index in [9.17, 15) is 0 Å². The minimum Gasteiger partial charge on any atom is -0.317 e. The van der Waals surface area contributed by atoms with Gasteiger partial charge in [-0.05, 0) is 43.8 Å². The molecule has 1 aliphatic rings. The van der Waals surface area contributed by atoms with Crippen molar-refractivity contribution in [2.24, 2.45) is 5.92 Å².